The van der Waals surface area contributed by atoms with Gasteiger partial charge in [-0.25, -0.2) is 4.98 Å². The zero-order valence-corrected chi connectivity index (χ0v) is 15.1. The number of rotatable bonds is 3. The summed E-state index contributed by atoms with van der Waals surface area (Å²) in [6, 6.07) is 12.0. The number of hydrogen-bond donors (Lipinski definition) is 1. The molecule has 3 aromatic rings. The van der Waals surface area contributed by atoms with Crippen LogP contribution in [0.2, 0.25) is 0 Å². The molecular weight excluding hydrogens is 324 g/mol. The summed E-state index contributed by atoms with van der Waals surface area (Å²) in [4.78, 5) is 26.8. The van der Waals surface area contributed by atoms with Crippen LogP contribution in [0.3, 0.4) is 0 Å². The van der Waals surface area contributed by atoms with Crippen molar-refractivity contribution in [2.75, 3.05) is 6.54 Å². The van der Waals surface area contributed by atoms with E-state index < -0.39 is 0 Å². The van der Waals surface area contributed by atoms with Crippen molar-refractivity contribution in [3.8, 4) is 11.5 Å². The van der Waals surface area contributed by atoms with Crippen LogP contribution in [0.5, 0.6) is 0 Å². The normalized spacial score (nSPS) is 14.2. The van der Waals surface area contributed by atoms with Crippen molar-refractivity contribution < 1.29 is 0 Å². The molecule has 26 heavy (non-hydrogen) atoms. The van der Waals surface area contributed by atoms with Crippen molar-refractivity contribution in [3.63, 3.8) is 0 Å². The van der Waals surface area contributed by atoms with E-state index in [0.29, 0.717) is 18.1 Å². The zero-order chi connectivity index (χ0) is 18.1. The van der Waals surface area contributed by atoms with Crippen molar-refractivity contribution in [2.24, 2.45) is 0 Å². The maximum absolute atomic E-state index is 12.5. The molecule has 1 aliphatic heterocycles. The topological polar surface area (TPSA) is 61.9 Å². The zero-order valence-electron chi connectivity index (χ0n) is 15.1. The number of aromatic amines is 1. The minimum absolute atomic E-state index is 0.0395. The molecule has 0 radical (unpaired) electrons. The summed E-state index contributed by atoms with van der Waals surface area (Å²) in [6.45, 7) is 6.75. The molecule has 0 saturated carbocycles. The Kier molecular flexibility index (Phi) is 4.39. The second kappa shape index (κ2) is 6.84. The summed E-state index contributed by atoms with van der Waals surface area (Å²) < 4.78 is 0. The molecule has 1 aliphatic rings. The third kappa shape index (κ3) is 3.18. The van der Waals surface area contributed by atoms with E-state index in [2.05, 4.69) is 46.9 Å². The number of aromatic nitrogens is 3. The van der Waals surface area contributed by atoms with Gasteiger partial charge in [0.1, 0.15) is 5.69 Å². The summed E-state index contributed by atoms with van der Waals surface area (Å²) >= 11 is 0. The van der Waals surface area contributed by atoms with Crippen LogP contribution in [0.15, 0.2) is 47.4 Å². The van der Waals surface area contributed by atoms with Crippen molar-refractivity contribution in [1.29, 1.82) is 0 Å². The number of benzene rings is 1. The van der Waals surface area contributed by atoms with Crippen LogP contribution in [-0.2, 0) is 19.5 Å². The van der Waals surface area contributed by atoms with Gasteiger partial charge in [-0.05, 0) is 49.1 Å². The fourth-order valence-electron chi connectivity index (χ4n) is 3.57. The van der Waals surface area contributed by atoms with E-state index in [-0.39, 0.29) is 5.56 Å². The molecule has 0 aliphatic carbocycles. The molecule has 2 aromatic heterocycles. The molecule has 0 fully saturated rings. The summed E-state index contributed by atoms with van der Waals surface area (Å²) in [5, 5.41) is 0. The maximum Gasteiger partial charge on any atom is 0.254 e. The molecule has 0 saturated heterocycles. The maximum atomic E-state index is 12.5. The molecule has 5 nitrogen and oxygen atoms in total. The Morgan fingerprint density at radius 2 is 1.92 bits per heavy atom. The number of fused-ring (bicyclic) bond motifs is 1. The molecule has 0 atom stereocenters. The molecule has 0 spiro atoms. The van der Waals surface area contributed by atoms with Gasteiger partial charge in [0.05, 0.1) is 5.69 Å². The molecular formula is C21H22N4O. The Hall–Kier alpha value is -2.79. The van der Waals surface area contributed by atoms with Crippen LogP contribution in [-0.4, -0.2) is 26.4 Å². The van der Waals surface area contributed by atoms with Gasteiger partial charge in [-0.2, -0.15) is 0 Å². The minimum Gasteiger partial charge on any atom is -0.305 e. The largest absolute Gasteiger partial charge is 0.305 e. The number of aryl methyl sites for hydroxylation is 2. The summed E-state index contributed by atoms with van der Waals surface area (Å²) in [5.74, 6) is 0.545. The summed E-state index contributed by atoms with van der Waals surface area (Å²) in [7, 11) is 0. The van der Waals surface area contributed by atoms with E-state index in [1.54, 1.807) is 6.20 Å². The SMILES string of the molecule is Cc1cccc(C)c1CN1CCc2c(nc(-c3ccccn3)[nH]c2=O)C1. The Morgan fingerprint density at radius 1 is 1.12 bits per heavy atom. The standard InChI is InChI=1S/C21H22N4O/c1-14-6-5-7-15(2)17(14)12-25-11-9-16-19(13-25)23-20(24-21(16)26)18-8-3-4-10-22-18/h3-8,10H,9,11-13H2,1-2H3,(H,23,24,26). The van der Waals surface area contributed by atoms with Crippen LogP contribution in [0.4, 0.5) is 0 Å². The Bertz CT molecular complexity index is 974. The summed E-state index contributed by atoms with van der Waals surface area (Å²) in [6.07, 6.45) is 2.44. The highest BCUT2D eigenvalue weighted by molar-refractivity contribution is 5.49. The Labute approximate surface area is 152 Å². The van der Waals surface area contributed by atoms with Crippen molar-refractivity contribution in [2.45, 2.75) is 33.4 Å². The average Bonchev–Trinajstić information content (AvgIpc) is 2.65. The molecule has 132 valence electrons. The molecule has 5 heteroatoms. The monoisotopic (exact) mass is 346 g/mol. The van der Waals surface area contributed by atoms with Gasteiger partial charge in [-0.3, -0.25) is 14.7 Å². The van der Waals surface area contributed by atoms with E-state index in [1.165, 1.54) is 16.7 Å². The molecule has 4 rings (SSSR count). The van der Waals surface area contributed by atoms with Gasteiger partial charge in [0.2, 0.25) is 0 Å². The lowest BCUT2D eigenvalue weighted by molar-refractivity contribution is 0.239. The molecule has 0 unspecified atom stereocenters. The number of hydrogen-bond acceptors (Lipinski definition) is 4. The highest BCUT2D eigenvalue weighted by Gasteiger charge is 2.22. The lowest BCUT2D eigenvalue weighted by atomic mass is 10.0. The smallest absolute Gasteiger partial charge is 0.254 e. The first kappa shape index (κ1) is 16.7. The molecule has 0 bridgehead atoms. The third-order valence-corrected chi connectivity index (χ3v) is 5.09. The Morgan fingerprint density at radius 3 is 2.65 bits per heavy atom. The number of nitrogens with one attached hydrogen (secondary N) is 1. The van der Waals surface area contributed by atoms with Gasteiger partial charge < -0.3 is 4.98 Å². The van der Waals surface area contributed by atoms with Gasteiger partial charge in [0.15, 0.2) is 5.82 Å². The van der Waals surface area contributed by atoms with Crippen LogP contribution in [0.1, 0.15) is 27.9 Å². The number of pyridine rings is 1. The van der Waals surface area contributed by atoms with Gasteiger partial charge in [0.25, 0.3) is 5.56 Å². The molecule has 0 amide bonds. The van der Waals surface area contributed by atoms with E-state index in [1.807, 2.05) is 18.2 Å². The van der Waals surface area contributed by atoms with Crippen molar-refractivity contribution in [1.82, 2.24) is 19.9 Å². The van der Waals surface area contributed by atoms with E-state index in [0.717, 1.165) is 30.8 Å². The minimum atomic E-state index is -0.0395. The molecule has 3 heterocycles. The highest BCUT2D eigenvalue weighted by atomic mass is 16.1. The summed E-state index contributed by atoms with van der Waals surface area (Å²) in [5.41, 5.74) is 6.31. The van der Waals surface area contributed by atoms with Crippen LogP contribution >= 0.6 is 0 Å². The van der Waals surface area contributed by atoms with E-state index in [9.17, 15) is 4.79 Å². The first-order valence-corrected chi connectivity index (χ1v) is 8.93. The fourth-order valence-corrected chi connectivity index (χ4v) is 3.57. The van der Waals surface area contributed by atoms with Crippen LogP contribution < -0.4 is 5.56 Å². The average molecular weight is 346 g/mol. The van der Waals surface area contributed by atoms with Gasteiger partial charge in [-0.15, -0.1) is 0 Å². The highest BCUT2D eigenvalue weighted by Crippen LogP contribution is 2.21. The van der Waals surface area contributed by atoms with Crippen molar-refractivity contribution >= 4 is 0 Å². The van der Waals surface area contributed by atoms with Crippen molar-refractivity contribution in [3.05, 3.63) is 80.9 Å². The predicted molar refractivity (Wildman–Crippen MR) is 102 cm³/mol. The molecule has 1 N–H and O–H groups in total. The second-order valence-corrected chi connectivity index (χ2v) is 6.89. The lowest BCUT2D eigenvalue weighted by Crippen LogP contribution is -2.35. The van der Waals surface area contributed by atoms with E-state index >= 15 is 0 Å². The quantitative estimate of drug-likeness (QED) is 0.792. The van der Waals surface area contributed by atoms with Gasteiger partial charge in [0, 0.05) is 31.4 Å². The van der Waals surface area contributed by atoms with Gasteiger partial charge >= 0.3 is 0 Å². The first-order valence-electron chi connectivity index (χ1n) is 8.93. The van der Waals surface area contributed by atoms with Crippen LogP contribution in [0.25, 0.3) is 11.5 Å². The van der Waals surface area contributed by atoms with E-state index in [4.69, 9.17) is 4.98 Å². The second-order valence-electron chi connectivity index (χ2n) is 6.89. The predicted octanol–water partition coefficient (Wildman–Crippen LogP) is 3.01. The van der Waals surface area contributed by atoms with Crippen LogP contribution in [0, 0.1) is 13.8 Å². The number of nitrogens with zero attached hydrogens (tertiary/aromatic N) is 3. The fraction of sp³-hybridized carbons (Fsp3) is 0.286. The number of H-pyrrole nitrogens is 1. The Balaban J connectivity index is 1.64. The van der Waals surface area contributed by atoms with Gasteiger partial charge in [-0.1, -0.05) is 24.3 Å². The first-order chi connectivity index (χ1) is 12.6. The molecule has 1 aromatic carbocycles. The third-order valence-electron chi connectivity index (χ3n) is 5.09. The lowest BCUT2D eigenvalue weighted by Gasteiger charge is -2.28.